The highest BCUT2D eigenvalue weighted by Gasteiger charge is 2.26. The van der Waals surface area contributed by atoms with Gasteiger partial charge in [0.15, 0.2) is 0 Å². The van der Waals surface area contributed by atoms with E-state index < -0.39 is 10.0 Å². The maximum atomic E-state index is 12.3. The molecule has 1 aliphatic rings. The summed E-state index contributed by atoms with van der Waals surface area (Å²) in [5.41, 5.74) is 1.02. The Balaban J connectivity index is 2.01. The van der Waals surface area contributed by atoms with E-state index in [1.165, 1.54) is 0 Å². The van der Waals surface area contributed by atoms with E-state index >= 15 is 0 Å². The predicted octanol–water partition coefficient (Wildman–Crippen LogP) is 1.46. The summed E-state index contributed by atoms with van der Waals surface area (Å²) < 4.78 is 32.8. The third kappa shape index (κ3) is 4.51. The number of rotatable bonds is 7. The Morgan fingerprint density at radius 1 is 1.38 bits per heavy atom. The molecule has 21 heavy (non-hydrogen) atoms. The average Bonchev–Trinajstić information content (AvgIpc) is 2.99. The second-order valence-electron chi connectivity index (χ2n) is 5.43. The molecule has 1 heterocycles. The summed E-state index contributed by atoms with van der Waals surface area (Å²) in [5.74, 6) is 0. The minimum atomic E-state index is -3.51. The molecule has 2 unspecified atom stereocenters. The van der Waals surface area contributed by atoms with Crippen LogP contribution < -0.4 is 4.72 Å². The van der Waals surface area contributed by atoms with Gasteiger partial charge in [0.05, 0.1) is 11.0 Å². The molecular formula is C15H23NO4S. The summed E-state index contributed by atoms with van der Waals surface area (Å²) in [6, 6.07) is 6.57. The molecule has 5 nitrogen and oxygen atoms in total. The molecule has 0 radical (unpaired) electrons. The average molecular weight is 313 g/mol. The molecule has 0 spiro atoms. The molecule has 1 aliphatic heterocycles. The van der Waals surface area contributed by atoms with Crippen LogP contribution in [0.15, 0.2) is 29.2 Å². The lowest BCUT2D eigenvalue weighted by Crippen LogP contribution is -2.40. The van der Waals surface area contributed by atoms with Crippen molar-refractivity contribution in [3.8, 4) is 0 Å². The minimum Gasteiger partial charge on any atom is -0.396 e. The van der Waals surface area contributed by atoms with Crippen LogP contribution >= 0.6 is 0 Å². The van der Waals surface area contributed by atoms with Gasteiger partial charge in [-0.2, -0.15) is 0 Å². The lowest BCUT2D eigenvalue weighted by atomic mass is 10.1. The molecule has 0 aromatic heterocycles. The Morgan fingerprint density at radius 2 is 2.10 bits per heavy atom. The van der Waals surface area contributed by atoms with E-state index in [9.17, 15) is 8.42 Å². The number of aliphatic hydroxyl groups excluding tert-OH is 1. The second kappa shape index (κ2) is 7.35. The van der Waals surface area contributed by atoms with E-state index in [0.717, 1.165) is 24.8 Å². The largest absolute Gasteiger partial charge is 0.396 e. The maximum absolute atomic E-state index is 12.3. The van der Waals surface area contributed by atoms with Crippen LogP contribution in [0.2, 0.25) is 0 Å². The lowest BCUT2D eigenvalue weighted by Gasteiger charge is -2.20. The van der Waals surface area contributed by atoms with Crippen LogP contribution in [-0.4, -0.2) is 38.9 Å². The quantitative estimate of drug-likeness (QED) is 0.799. The fourth-order valence-corrected chi connectivity index (χ4v) is 3.78. The van der Waals surface area contributed by atoms with Gasteiger partial charge in [-0.05, 0) is 50.3 Å². The van der Waals surface area contributed by atoms with Crippen molar-refractivity contribution in [1.82, 2.24) is 4.72 Å². The molecule has 1 aromatic carbocycles. The molecule has 1 fully saturated rings. The summed E-state index contributed by atoms with van der Waals surface area (Å²) in [7, 11) is -3.51. The molecule has 2 N–H and O–H groups in total. The summed E-state index contributed by atoms with van der Waals surface area (Å²) in [6.07, 6.45) is 3.26. The van der Waals surface area contributed by atoms with Crippen LogP contribution in [0.1, 0.15) is 31.7 Å². The molecule has 6 heteroatoms. The molecule has 0 aliphatic carbocycles. The van der Waals surface area contributed by atoms with Gasteiger partial charge in [-0.25, -0.2) is 13.1 Å². The standard InChI is InChI=1S/C15H23NO4S/c1-12(15-5-3-11-20-15)16-21(18,19)14-8-6-13(7-9-14)4-2-10-17/h6-9,12,15-17H,2-5,10-11H2,1H3. The van der Waals surface area contributed by atoms with Crippen LogP contribution in [0.3, 0.4) is 0 Å². The van der Waals surface area contributed by atoms with E-state index in [-0.39, 0.29) is 23.6 Å². The second-order valence-corrected chi connectivity index (χ2v) is 7.15. The first-order valence-corrected chi connectivity index (χ1v) is 8.85. The Labute approximate surface area is 126 Å². The van der Waals surface area contributed by atoms with Crippen molar-refractivity contribution in [3.63, 3.8) is 0 Å². The zero-order valence-corrected chi connectivity index (χ0v) is 13.1. The molecule has 0 bridgehead atoms. The van der Waals surface area contributed by atoms with Gasteiger partial charge in [-0.15, -0.1) is 0 Å². The normalized spacial score (nSPS) is 20.6. The summed E-state index contributed by atoms with van der Waals surface area (Å²) in [6.45, 7) is 2.68. The number of benzene rings is 1. The molecule has 0 amide bonds. The lowest BCUT2D eigenvalue weighted by molar-refractivity contribution is 0.0902. The first-order valence-electron chi connectivity index (χ1n) is 7.36. The van der Waals surface area contributed by atoms with Gasteiger partial charge in [-0.1, -0.05) is 12.1 Å². The summed E-state index contributed by atoms with van der Waals surface area (Å²) in [5, 5.41) is 8.80. The SMILES string of the molecule is CC(NS(=O)(=O)c1ccc(CCCO)cc1)C1CCCO1. The molecule has 118 valence electrons. The highest BCUT2D eigenvalue weighted by atomic mass is 32.2. The molecule has 2 rings (SSSR count). The Hall–Kier alpha value is -0.950. The Kier molecular flexibility index (Phi) is 5.75. The third-order valence-corrected chi connectivity index (χ3v) is 5.30. The number of nitrogens with one attached hydrogen (secondary N) is 1. The summed E-state index contributed by atoms with van der Waals surface area (Å²) in [4.78, 5) is 0.264. The predicted molar refractivity (Wildman–Crippen MR) is 80.6 cm³/mol. The van der Waals surface area contributed by atoms with Crippen molar-refractivity contribution in [3.05, 3.63) is 29.8 Å². The van der Waals surface area contributed by atoms with E-state index in [1.807, 2.05) is 6.92 Å². The van der Waals surface area contributed by atoms with Crippen molar-refractivity contribution >= 4 is 10.0 Å². The Bertz CT molecular complexity index is 535. The van der Waals surface area contributed by atoms with Crippen LogP contribution in [-0.2, 0) is 21.2 Å². The van der Waals surface area contributed by atoms with Gasteiger partial charge >= 0.3 is 0 Å². The topological polar surface area (TPSA) is 75.6 Å². The number of aryl methyl sites for hydroxylation is 1. The van der Waals surface area contributed by atoms with E-state index in [0.29, 0.717) is 13.0 Å². The zero-order valence-electron chi connectivity index (χ0n) is 12.3. The molecule has 1 saturated heterocycles. The van der Waals surface area contributed by atoms with Crippen molar-refractivity contribution < 1.29 is 18.3 Å². The molecular weight excluding hydrogens is 290 g/mol. The fraction of sp³-hybridized carbons (Fsp3) is 0.600. The maximum Gasteiger partial charge on any atom is 0.240 e. The van der Waals surface area contributed by atoms with Gasteiger partial charge in [0.25, 0.3) is 0 Å². The molecule has 1 aromatic rings. The van der Waals surface area contributed by atoms with E-state index in [2.05, 4.69) is 4.72 Å². The highest BCUT2D eigenvalue weighted by molar-refractivity contribution is 7.89. The van der Waals surface area contributed by atoms with Crippen molar-refractivity contribution in [2.45, 2.75) is 49.6 Å². The first kappa shape index (κ1) is 16.4. The Morgan fingerprint density at radius 3 is 2.67 bits per heavy atom. The van der Waals surface area contributed by atoms with Gasteiger partial charge in [0, 0.05) is 19.3 Å². The van der Waals surface area contributed by atoms with Crippen LogP contribution in [0.4, 0.5) is 0 Å². The summed E-state index contributed by atoms with van der Waals surface area (Å²) >= 11 is 0. The highest BCUT2D eigenvalue weighted by Crippen LogP contribution is 2.18. The molecule has 0 saturated carbocycles. The van der Waals surface area contributed by atoms with Crippen molar-refractivity contribution in [2.75, 3.05) is 13.2 Å². The number of ether oxygens (including phenoxy) is 1. The van der Waals surface area contributed by atoms with E-state index in [1.54, 1.807) is 24.3 Å². The van der Waals surface area contributed by atoms with Gasteiger partial charge in [0.1, 0.15) is 0 Å². The van der Waals surface area contributed by atoms with Gasteiger partial charge < -0.3 is 9.84 Å². The number of hydrogen-bond acceptors (Lipinski definition) is 4. The van der Waals surface area contributed by atoms with Crippen LogP contribution in [0.5, 0.6) is 0 Å². The van der Waals surface area contributed by atoms with Gasteiger partial charge in [-0.3, -0.25) is 0 Å². The first-order chi connectivity index (χ1) is 10.0. The fourth-order valence-electron chi connectivity index (χ4n) is 2.50. The number of aliphatic hydroxyl groups is 1. The minimum absolute atomic E-state index is 0.0383. The van der Waals surface area contributed by atoms with E-state index in [4.69, 9.17) is 9.84 Å². The third-order valence-electron chi connectivity index (χ3n) is 3.72. The van der Waals surface area contributed by atoms with Crippen molar-refractivity contribution in [2.24, 2.45) is 0 Å². The van der Waals surface area contributed by atoms with Crippen LogP contribution in [0.25, 0.3) is 0 Å². The van der Waals surface area contributed by atoms with Gasteiger partial charge in [0.2, 0.25) is 10.0 Å². The zero-order chi connectivity index (χ0) is 15.3. The monoisotopic (exact) mass is 313 g/mol. The number of sulfonamides is 1. The molecule has 2 atom stereocenters. The van der Waals surface area contributed by atoms with Crippen LogP contribution in [0, 0.1) is 0 Å². The van der Waals surface area contributed by atoms with Crippen molar-refractivity contribution in [1.29, 1.82) is 0 Å². The number of hydrogen-bond donors (Lipinski definition) is 2. The smallest absolute Gasteiger partial charge is 0.240 e.